The first-order valence-electron chi connectivity index (χ1n) is 6.71. The van der Waals surface area contributed by atoms with Crippen molar-refractivity contribution in [1.82, 2.24) is 15.0 Å². The van der Waals surface area contributed by atoms with Crippen LogP contribution >= 0.6 is 0 Å². The fourth-order valence-electron chi connectivity index (χ4n) is 2.96. The van der Waals surface area contributed by atoms with Crippen LogP contribution in [0.3, 0.4) is 0 Å². The predicted molar refractivity (Wildman–Crippen MR) is 72.2 cm³/mol. The van der Waals surface area contributed by atoms with Gasteiger partial charge in [0, 0.05) is 12.2 Å². The van der Waals surface area contributed by atoms with E-state index in [0.29, 0.717) is 12.6 Å². The van der Waals surface area contributed by atoms with Gasteiger partial charge in [0.15, 0.2) is 0 Å². The molecule has 0 N–H and O–H groups in total. The highest BCUT2D eigenvalue weighted by Crippen LogP contribution is 2.34. The number of pyridine rings is 1. The molecule has 0 aliphatic carbocycles. The van der Waals surface area contributed by atoms with Crippen LogP contribution in [0.25, 0.3) is 10.9 Å². The predicted octanol–water partition coefficient (Wildman–Crippen LogP) is 1.75. The molecule has 0 bridgehead atoms. The van der Waals surface area contributed by atoms with Gasteiger partial charge in [0.25, 0.3) is 0 Å². The molecule has 0 aromatic carbocycles. The van der Waals surface area contributed by atoms with E-state index in [0.717, 1.165) is 47.1 Å². The topological polar surface area (TPSA) is 51.1 Å². The Hall–Kier alpha value is -1.75. The Morgan fingerprint density at radius 2 is 2.16 bits per heavy atom. The third kappa shape index (κ3) is 1.61. The summed E-state index contributed by atoms with van der Waals surface area (Å²) in [6.07, 6.45) is 1.18. The maximum atomic E-state index is 5.78. The van der Waals surface area contributed by atoms with Crippen molar-refractivity contribution in [2.24, 2.45) is 0 Å². The molecule has 5 nitrogen and oxygen atoms in total. The van der Waals surface area contributed by atoms with Crippen LogP contribution in [0.2, 0.25) is 0 Å². The van der Waals surface area contributed by atoms with Crippen molar-refractivity contribution >= 4 is 16.7 Å². The molecule has 0 amide bonds. The Kier molecular flexibility index (Phi) is 2.26. The normalized spacial score (nSPS) is 21.6. The smallest absolute Gasteiger partial charge is 0.142 e. The van der Waals surface area contributed by atoms with Gasteiger partial charge in [-0.05, 0) is 26.3 Å². The molecule has 98 valence electrons. The van der Waals surface area contributed by atoms with Crippen LogP contribution in [0, 0.1) is 13.8 Å². The summed E-state index contributed by atoms with van der Waals surface area (Å²) in [5.41, 5.74) is 2.94. The first-order valence-corrected chi connectivity index (χ1v) is 6.71. The van der Waals surface area contributed by atoms with E-state index in [1.54, 1.807) is 0 Å². The van der Waals surface area contributed by atoms with E-state index in [4.69, 9.17) is 4.74 Å². The molecule has 2 aliphatic heterocycles. The Morgan fingerprint density at radius 3 is 2.95 bits per heavy atom. The van der Waals surface area contributed by atoms with Crippen LogP contribution in [0.15, 0.2) is 6.07 Å². The van der Waals surface area contributed by atoms with E-state index in [9.17, 15) is 0 Å². The average molecular weight is 256 g/mol. The number of fused-ring (bicyclic) bond motifs is 2. The van der Waals surface area contributed by atoms with Crippen molar-refractivity contribution in [2.75, 3.05) is 18.1 Å². The third-order valence-corrected chi connectivity index (χ3v) is 3.94. The summed E-state index contributed by atoms with van der Waals surface area (Å²) >= 11 is 0. The van der Waals surface area contributed by atoms with Gasteiger partial charge in [-0.2, -0.15) is 0 Å². The number of ether oxygens (including phenoxy) is 1. The molecule has 0 radical (unpaired) electrons. The molecule has 1 atom stereocenters. The average Bonchev–Trinajstić information content (AvgIpc) is 2.30. The van der Waals surface area contributed by atoms with Crippen LogP contribution in [-0.2, 0) is 11.3 Å². The van der Waals surface area contributed by atoms with E-state index >= 15 is 0 Å². The van der Waals surface area contributed by atoms with Gasteiger partial charge in [-0.25, -0.2) is 9.97 Å². The number of nitrogens with zero attached hydrogens (tertiary/aromatic N) is 4. The van der Waals surface area contributed by atoms with Crippen LogP contribution in [0.1, 0.15) is 23.6 Å². The SMILES string of the molecule is Cc1cc2nc(C)nc3c2c(n1)COCC1CCN31. The second-order valence-electron chi connectivity index (χ2n) is 5.35. The minimum atomic E-state index is 0.465. The number of hydrogen-bond acceptors (Lipinski definition) is 5. The van der Waals surface area contributed by atoms with Gasteiger partial charge < -0.3 is 9.64 Å². The van der Waals surface area contributed by atoms with Crippen LogP contribution < -0.4 is 4.90 Å². The van der Waals surface area contributed by atoms with Crippen molar-refractivity contribution in [3.8, 4) is 0 Å². The second kappa shape index (κ2) is 3.87. The van der Waals surface area contributed by atoms with Crippen molar-refractivity contribution < 1.29 is 4.74 Å². The van der Waals surface area contributed by atoms with E-state index in [1.807, 2.05) is 19.9 Å². The van der Waals surface area contributed by atoms with Gasteiger partial charge in [-0.1, -0.05) is 0 Å². The monoisotopic (exact) mass is 256 g/mol. The zero-order valence-corrected chi connectivity index (χ0v) is 11.2. The molecular weight excluding hydrogens is 240 g/mol. The van der Waals surface area contributed by atoms with Crippen LogP contribution in [0.5, 0.6) is 0 Å². The highest BCUT2D eigenvalue weighted by molar-refractivity contribution is 5.92. The highest BCUT2D eigenvalue weighted by atomic mass is 16.5. The molecule has 1 fully saturated rings. The van der Waals surface area contributed by atoms with E-state index in [1.165, 1.54) is 6.42 Å². The quantitative estimate of drug-likeness (QED) is 0.718. The maximum Gasteiger partial charge on any atom is 0.142 e. The van der Waals surface area contributed by atoms with Crippen molar-refractivity contribution in [3.63, 3.8) is 0 Å². The lowest BCUT2D eigenvalue weighted by Gasteiger charge is -2.43. The summed E-state index contributed by atoms with van der Waals surface area (Å²) < 4.78 is 5.78. The minimum Gasteiger partial charge on any atom is -0.373 e. The highest BCUT2D eigenvalue weighted by Gasteiger charge is 2.33. The molecule has 4 heterocycles. The Balaban J connectivity index is 2.06. The largest absolute Gasteiger partial charge is 0.373 e. The number of anilines is 1. The second-order valence-corrected chi connectivity index (χ2v) is 5.35. The molecular formula is C14H16N4O. The summed E-state index contributed by atoms with van der Waals surface area (Å²) in [6.45, 7) is 6.32. The van der Waals surface area contributed by atoms with Gasteiger partial charge in [0.05, 0.1) is 35.9 Å². The number of rotatable bonds is 0. The molecule has 2 aromatic heterocycles. The maximum absolute atomic E-state index is 5.78. The van der Waals surface area contributed by atoms with Crippen molar-refractivity contribution in [3.05, 3.63) is 23.3 Å². The Morgan fingerprint density at radius 1 is 1.26 bits per heavy atom. The minimum absolute atomic E-state index is 0.465. The molecule has 0 saturated carbocycles. The number of aromatic nitrogens is 3. The Bertz CT molecular complexity index is 665. The summed E-state index contributed by atoms with van der Waals surface area (Å²) in [4.78, 5) is 16.2. The lowest BCUT2D eigenvalue weighted by molar-refractivity contribution is 0.0891. The fourth-order valence-corrected chi connectivity index (χ4v) is 2.96. The first-order chi connectivity index (χ1) is 9.22. The lowest BCUT2D eigenvalue weighted by atomic mass is 10.0. The molecule has 0 spiro atoms. The number of aryl methyl sites for hydroxylation is 2. The molecule has 2 aromatic rings. The van der Waals surface area contributed by atoms with Gasteiger partial charge in [-0.3, -0.25) is 4.98 Å². The summed E-state index contributed by atoms with van der Waals surface area (Å²) in [5, 5.41) is 1.07. The molecule has 19 heavy (non-hydrogen) atoms. The standard InChI is InChI=1S/C14H16N4O/c1-8-5-11-13-12(15-8)7-19-6-10-3-4-18(10)14(13)17-9(2)16-11/h5,10H,3-4,6-7H2,1-2H3. The molecule has 1 saturated heterocycles. The summed E-state index contributed by atoms with van der Waals surface area (Å²) in [7, 11) is 0. The Labute approximate surface area is 111 Å². The van der Waals surface area contributed by atoms with E-state index in [2.05, 4.69) is 19.9 Å². The van der Waals surface area contributed by atoms with Gasteiger partial charge in [0.1, 0.15) is 11.6 Å². The van der Waals surface area contributed by atoms with Gasteiger partial charge >= 0.3 is 0 Å². The molecule has 5 heteroatoms. The summed E-state index contributed by atoms with van der Waals surface area (Å²) in [6, 6.07) is 2.50. The molecule has 1 unspecified atom stereocenters. The van der Waals surface area contributed by atoms with Gasteiger partial charge in [0.2, 0.25) is 0 Å². The van der Waals surface area contributed by atoms with E-state index in [-0.39, 0.29) is 0 Å². The molecule has 4 rings (SSSR count). The molecule has 2 aliphatic rings. The fraction of sp³-hybridized carbons (Fsp3) is 0.500. The van der Waals surface area contributed by atoms with Crippen molar-refractivity contribution in [1.29, 1.82) is 0 Å². The van der Waals surface area contributed by atoms with E-state index < -0.39 is 0 Å². The van der Waals surface area contributed by atoms with Crippen molar-refractivity contribution in [2.45, 2.75) is 32.9 Å². The van der Waals surface area contributed by atoms with Crippen LogP contribution in [0.4, 0.5) is 5.82 Å². The van der Waals surface area contributed by atoms with Gasteiger partial charge in [-0.15, -0.1) is 0 Å². The number of hydrogen-bond donors (Lipinski definition) is 0. The zero-order chi connectivity index (χ0) is 13.0. The third-order valence-electron chi connectivity index (χ3n) is 3.94. The zero-order valence-electron chi connectivity index (χ0n) is 11.2. The lowest BCUT2D eigenvalue weighted by Crippen LogP contribution is -2.51. The summed E-state index contributed by atoms with van der Waals surface area (Å²) in [5.74, 6) is 1.87. The first kappa shape index (κ1) is 11.1. The van der Waals surface area contributed by atoms with Crippen LogP contribution in [-0.4, -0.2) is 34.1 Å².